The standard InChI is InChI=1S/C11H18N2O2/c1-8-9(7-15-13-8)6-10-4-2-3-5-11(14)12-10/h9-10H,2-7H2,1H3,(H,12,14). The van der Waals surface area contributed by atoms with E-state index in [1.165, 1.54) is 0 Å². The van der Waals surface area contributed by atoms with Crippen molar-refractivity contribution >= 4 is 11.6 Å². The van der Waals surface area contributed by atoms with E-state index in [-0.39, 0.29) is 5.91 Å². The third-order valence-electron chi connectivity index (χ3n) is 3.22. The molecule has 2 heterocycles. The summed E-state index contributed by atoms with van der Waals surface area (Å²) in [7, 11) is 0. The molecule has 2 aliphatic heterocycles. The van der Waals surface area contributed by atoms with Gasteiger partial charge in [0.2, 0.25) is 5.91 Å². The second kappa shape index (κ2) is 4.64. The maximum Gasteiger partial charge on any atom is 0.220 e. The van der Waals surface area contributed by atoms with Crippen LogP contribution in [-0.2, 0) is 9.63 Å². The Balaban J connectivity index is 1.87. The van der Waals surface area contributed by atoms with Crippen LogP contribution < -0.4 is 5.32 Å². The molecule has 0 bridgehead atoms. The number of hydrogen-bond donors (Lipinski definition) is 1. The Morgan fingerprint density at radius 3 is 3.13 bits per heavy atom. The fourth-order valence-corrected chi connectivity index (χ4v) is 2.23. The van der Waals surface area contributed by atoms with Crippen molar-refractivity contribution in [1.82, 2.24) is 5.32 Å². The lowest BCUT2D eigenvalue weighted by molar-refractivity contribution is -0.121. The molecule has 1 N–H and O–H groups in total. The second-order valence-electron chi connectivity index (χ2n) is 4.47. The van der Waals surface area contributed by atoms with E-state index in [9.17, 15) is 4.79 Å². The number of nitrogens with zero attached hydrogens (tertiary/aromatic N) is 1. The molecule has 0 radical (unpaired) electrons. The maximum atomic E-state index is 11.4. The molecule has 4 heteroatoms. The van der Waals surface area contributed by atoms with Gasteiger partial charge < -0.3 is 10.2 Å². The average molecular weight is 210 g/mol. The lowest BCUT2D eigenvalue weighted by atomic mass is 9.94. The molecule has 0 spiro atoms. The van der Waals surface area contributed by atoms with Crippen LogP contribution in [0.1, 0.15) is 39.0 Å². The minimum atomic E-state index is 0.200. The number of hydrogen-bond acceptors (Lipinski definition) is 3. The zero-order chi connectivity index (χ0) is 10.7. The van der Waals surface area contributed by atoms with Crippen molar-refractivity contribution in [3.05, 3.63) is 0 Å². The number of amides is 1. The van der Waals surface area contributed by atoms with E-state index in [0.29, 0.717) is 25.0 Å². The van der Waals surface area contributed by atoms with Gasteiger partial charge in [-0.1, -0.05) is 11.6 Å². The van der Waals surface area contributed by atoms with Gasteiger partial charge in [0.1, 0.15) is 6.61 Å². The molecule has 1 amide bonds. The lowest BCUT2D eigenvalue weighted by Crippen LogP contribution is -2.35. The predicted octanol–water partition coefficient (Wildman–Crippen LogP) is 1.46. The molecule has 1 saturated heterocycles. The van der Waals surface area contributed by atoms with Crippen molar-refractivity contribution in [1.29, 1.82) is 0 Å². The summed E-state index contributed by atoms with van der Waals surface area (Å²) in [5, 5.41) is 7.01. The quantitative estimate of drug-likeness (QED) is 0.750. The molecule has 1 fully saturated rings. The minimum absolute atomic E-state index is 0.200. The zero-order valence-corrected chi connectivity index (χ0v) is 9.16. The topological polar surface area (TPSA) is 50.7 Å². The van der Waals surface area contributed by atoms with E-state index >= 15 is 0 Å². The molecular weight excluding hydrogens is 192 g/mol. The van der Waals surface area contributed by atoms with Crippen LogP contribution in [-0.4, -0.2) is 24.3 Å². The predicted molar refractivity (Wildman–Crippen MR) is 57.6 cm³/mol. The maximum absolute atomic E-state index is 11.4. The van der Waals surface area contributed by atoms with Crippen molar-refractivity contribution < 1.29 is 9.63 Å². The summed E-state index contributed by atoms with van der Waals surface area (Å²) in [6.45, 7) is 2.67. The summed E-state index contributed by atoms with van der Waals surface area (Å²) in [6, 6.07) is 0.317. The normalized spacial score (nSPS) is 31.5. The first kappa shape index (κ1) is 10.5. The molecule has 0 aromatic heterocycles. The van der Waals surface area contributed by atoms with Gasteiger partial charge in [-0.05, 0) is 26.2 Å². The number of oxime groups is 1. The summed E-state index contributed by atoms with van der Waals surface area (Å²) in [5.41, 5.74) is 1.06. The summed E-state index contributed by atoms with van der Waals surface area (Å²) in [6.07, 6.45) is 4.92. The van der Waals surface area contributed by atoms with Crippen LogP contribution in [0.15, 0.2) is 5.16 Å². The van der Waals surface area contributed by atoms with Gasteiger partial charge in [-0.2, -0.15) is 0 Å². The first-order valence-electron chi connectivity index (χ1n) is 5.71. The van der Waals surface area contributed by atoms with E-state index in [1.807, 2.05) is 6.92 Å². The molecule has 15 heavy (non-hydrogen) atoms. The Morgan fingerprint density at radius 1 is 1.53 bits per heavy atom. The van der Waals surface area contributed by atoms with Gasteiger partial charge in [0, 0.05) is 18.4 Å². The molecule has 2 aliphatic rings. The van der Waals surface area contributed by atoms with Gasteiger partial charge in [-0.3, -0.25) is 4.79 Å². The number of rotatable bonds is 2. The third-order valence-corrected chi connectivity index (χ3v) is 3.22. The summed E-state index contributed by atoms with van der Waals surface area (Å²) >= 11 is 0. The van der Waals surface area contributed by atoms with Gasteiger partial charge in [-0.15, -0.1) is 0 Å². The Bertz CT molecular complexity index is 276. The Kier molecular flexibility index (Phi) is 3.23. The minimum Gasteiger partial charge on any atom is -0.395 e. The first-order chi connectivity index (χ1) is 7.25. The molecule has 2 unspecified atom stereocenters. The Labute approximate surface area is 90.1 Å². The second-order valence-corrected chi connectivity index (χ2v) is 4.47. The molecule has 84 valence electrons. The molecular formula is C11H18N2O2. The fourth-order valence-electron chi connectivity index (χ4n) is 2.23. The van der Waals surface area contributed by atoms with E-state index < -0.39 is 0 Å². The largest absolute Gasteiger partial charge is 0.395 e. The van der Waals surface area contributed by atoms with Crippen molar-refractivity contribution in [2.45, 2.75) is 45.1 Å². The average Bonchev–Trinajstić information content (AvgIpc) is 2.48. The van der Waals surface area contributed by atoms with Gasteiger partial charge in [0.15, 0.2) is 0 Å². The van der Waals surface area contributed by atoms with Crippen molar-refractivity contribution in [3.8, 4) is 0 Å². The molecule has 0 aromatic rings. The van der Waals surface area contributed by atoms with Crippen LogP contribution in [0.25, 0.3) is 0 Å². The highest BCUT2D eigenvalue weighted by Gasteiger charge is 2.25. The van der Waals surface area contributed by atoms with Gasteiger partial charge in [-0.25, -0.2) is 0 Å². The van der Waals surface area contributed by atoms with E-state index in [0.717, 1.165) is 31.4 Å². The highest BCUT2D eigenvalue weighted by atomic mass is 16.6. The van der Waals surface area contributed by atoms with E-state index in [1.54, 1.807) is 0 Å². The summed E-state index contributed by atoms with van der Waals surface area (Å²) in [4.78, 5) is 16.4. The van der Waals surface area contributed by atoms with Gasteiger partial charge in [0.05, 0.1) is 5.71 Å². The molecule has 2 atom stereocenters. The lowest BCUT2D eigenvalue weighted by Gasteiger charge is -2.18. The van der Waals surface area contributed by atoms with Gasteiger partial charge >= 0.3 is 0 Å². The van der Waals surface area contributed by atoms with Crippen LogP contribution in [0.4, 0.5) is 0 Å². The van der Waals surface area contributed by atoms with Crippen molar-refractivity contribution in [2.75, 3.05) is 6.61 Å². The van der Waals surface area contributed by atoms with Crippen LogP contribution in [0.5, 0.6) is 0 Å². The van der Waals surface area contributed by atoms with Crippen LogP contribution in [0.3, 0.4) is 0 Å². The smallest absolute Gasteiger partial charge is 0.220 e. The summed E-state index contributed by atoms with van der Waals surface area (Å²) in [5.74, 6) is 0.597. The first-order valence-corrected chi connectivity index (χ1v) is 5.71. The van der Waals surface area contributed by atoms with Crippen LogP contribution in [0.2, 0.25) is 0 Å². The molecule has 4 nitrogen and oxygen atoms in total. The number of carbonyl (C=O) groups is 1. The third kappa shape index (κ3) is 2.70. The molecule has 0 aliphatic carbocycles. The van der Waals surface area contributed by atoms with Crippen LogP contribution in [0, 0.1) is 5.92 Å². The van der Waals surface area contributed by atoms with Crippen molar-refractivity contribution in [3.63, 3.8) is 0 Å². The van der Waals surface area contributed by atoms with Gasteiger partial charge in [0.25, 0.3) is 0 Å². The molecule has 0 saturated carbocycles. The van der Waals surface area contributed by atoms with E-state index in [4.69, 9.17) is 4.84 Å². The number of carbonyl (C=O) groups excluding carboxylic acids is 1. The summed E-state index contributed by atoms with van der Waals surface area (Å²) < 4.78 is 0. The Morgan fingerprint density at radius 2 is 2.40 bits per heavy atom. The van der Waals surface area contributed by atoms with Crippen molar-refractivity contribution in [2.24, 2.45) is 11.1 Å². The number of nitrogens with one attached hydrogen (secondary N) is 1. The van der Waals surface area contributed by atoms with Crippen LogP contribution >= 0.6 is 0 Å². The highest BCUT2D eigenvalue weighted by molar-refractivity contribution is 5.85. The van der Waals surface area contributed by atoms with E-state index in [2.05, 4.69) is 10.5 Å². The Hall–Kier alpha value is -1.06. The SMILES string of the molecule is CC1=NOCC1CC1CCCCC(=O)N1. The highest BCUT2D eigenvalue weighted by Crippen LogP contribution is 2.20. The monoisotopic (exact) mass is 210 g/mol. The zero-order valence-electron chi connectivity index (χ0n) is 9.16. The molecule has 0 aromatic carbocycles. The molecule has 2 rings (SSSR count). The fraction of sp³-hybridized carbons (Fsp3) is 0.818.